The van der Waals surface area contributed by atoms with Gasteiger partial charge in [-0.2, -0.15) is 0 Å². The summed E-state index contributed by atoms with van der Waals surface area (Å²) >= 11 is 0. The fourth-order valence-electron chi connectivity index (χ4n) is 3.60. The number of nitrogens with zero attached hydrogens (tertiary/aromatic N) is 1. The first kappa shape index (κ1) is 15.1. The van der Waals surface area contributed by atoms with Crippen LogP contribution in [0.25, 0.3) is 0 Å². The Morgan fingerprint density at radius 2 is 1.73 bits per heavy atom. The Morgan fingerprint density at radius 1 is 1.00 bits per heavy atom. The van der Waals surface area contributed by atoms with Gasteiger partial charge in [-0.3, -0.25) is 0 Å². The number of aryl methyl sites for hydroxylation is 2. The third-order valence-corrected chi connectivity index (χ3v) is 4.70. The van der Waals surface area contributed by atoms with Crippen LogP contribution in [-0.4, -0.2) is 30.6 Å². The lowest BCUT2D eigenvalue weighted by molar-refractivity contribution is 0.389. The molecule has 2 aromatic carbocycles. The van der Waals surface area contributed by atoms with Crippen molar-refractivity contribution in [2.75, 3.05) is 20.6 Å². The molecule has 0 amide bonds. The monoisotopic (exact) mass is 295 g/mol. The lowest BCUT2D eigenvalue weighted by Gasteiger charge is -2.21. The number of rotatable bonds is 4. The van der Waals surface area contributed by atoms with E-state index in [-0.39, 0.29) is 0 Å². The number of fused-ring (bicyclic) bond motifs is 2. The second kappa shape index (κ2) is 6.53. The molecule has 1 aliphatic rings. The van der Waals surface area contributed by atoms with E-state index >= 15 is 0 Å². The van der Waals surface area contributed by atoms with Gasteiger partial charge in [0.1, 0.15) is 5.75 Å². The first-order valence-electron chi connectivity index (χ1n) is 8.19. The van der Waals surface area contributed by atoms with Gasteiger partial charge < -0.3 is 10.0 Å². The highest BCUT2D eigenvalue weighted by atomic mass is 16.3. The summed E-state index contributed by atoms with van der Waals surface area (Å²) in [6, 6.07) is 14.7. The lowest BCUT2D eigenvalue weighted by atomic mass is 9.84. The Morgan fingerprint density at radius 3 is 2.50 bits per heavy atom. The molecular formula is C20H25NO. The van der Waals surface area contributed by atoms with Crippen LogP contribution < -0.4 is 0 Å². The number of phenolic OH excluding ortho intramolecular Hbond substituents is 1. The average molecular weight is 295 g/mol. The van der Waals surface area contributed by atoms with E-state index in [1.165, 1.54) is 28.7 Å². The van der Waals surface area contributed by atoms with E-state index in [0.717, 1.165) is 25.8 Å². The summed E-state index contributed by atoms with van der Waals surface area (Å²) in [5.74, 6) is 0.788. The van der Waals surface area contributed by atoms with Gasteiger partial charge in [-0.1, -0.05) is 30.3 Å². The van der Waals surface area contributed by atoms with E-state index in [2.05, 4.69) is 49.3 Å². The molecule has 116 valence electrons. The zero-order valence-corrected chi connectivity index (χ0v) is 13.5. The van der Waals surface area contributed by atoms with Crippen molar-refractivity contribution in [3.63, 3.8) is 0 Å². The molecule has 2 heteroatoms. The molecule has 2 aromatic rings. The third-order valence-electron chi connectivity index (χ3n) is 4.70. The van der Waals surface area contributed by atoms with Crippen molar-refractivity contribution in [3.8, 4) is 5.75 Å². The van der Waals surface area contributed by atoms with Gasteiger partial charge in [0.15, 0.2) is 0 Å². The van der Waals surface area contributed by atoms with Gasteiger partial charge in [0, 0.05) is 5.92 Å². The van der Waals surface area contributed by atoms with Crippen molar-refractivity contribution in [2.45, 2.75) is 31.6 Å². The van der Waals surface area contributed by atoms with Crippen molar-refractivity contribution in [1.29, 1.82) is 0 Å². The van der Waals surface area contributed by atoms with Crippen LogP contribution in [0.4, 0.5) is 0 Å². The Balaban J connectivity index is 1.98. The summed E-state index contributed by atoms with van der Waals surface area (Å²) in [6.07, 6.45) is 4.46. The molecule has 0 saturated heterocycles. The number of benzene rings is 2. The number of hydrogen-bond donors (Lipinski definition) is 1. The first-order valence-corrected chi connectivity index (χ1v) is 8.19. The highest BCUT2D eigenvalue weighted by Gasteiger charge is 2.23. The van der Waals surface area contributed by atoms with Crippen LogP contribution in [0.5, 0.6) is 5.75 Å². The Hall–Kier alpha value is -1.80. The zero-order valence-electron chi connectivity index (χ0n) is 13.5. The second-order valence-electron chi connectivity index (χ2n) is 6.58. The molecule has 0 bridgehead atoms. The molecule has 22 heavy (non-hydrogen) atoms. The molecule has 1 atom stereocenters. The Kier molecular flexibility index (Phi) is 4.49. The molecule has 0 heterocycles. The van der Waals surface area contributed by atoms with Gasteiger partial charge in [-0.25, -0.2) is 0 Å². The van der Waals surface area contributed by atoms with Crippen molar-refractivity contribution >= 4 is 0 Å². The van der Waals surface area contributed by atoms with Gasteiger partial charge in [-0.05, 0) is 80.7 Å². The van der Waals surface area contributed by atoms with Crippen LogP contribution >= 0.6 is 0 Å². The van der Waals surface area contributed by atoms with Crippen LogP contribution in [0, 0.1) is 0 Å². The van der Waals surface area contributed by atoms with Gasteiger partial charge in [0.2, 0.25) is 0 Å². The normalized spacial score (nSPS) is 17.0. The molecule has 0 saturated carbocycles. The molecule has 1 unspecified atom stereocenters. The van der Waals surface area contributed by atoms with Crippen LogP contribution in [0.2, 0.25) is 0 Å². The van der Waals surface area contributed by atoms with E-state index in [1.807, 2.05) is 12.1 Å². The molecule has 2 nitrogen and oxygen atoms in total. The smallest absolute Gasteiger partial charge is 0.115 e. The minimum atomic E-state index is 0.385. The van der Waals surface area contributed by atoms with E-state index in [4.69, 9.17) is 0 Å². The molecule has 0 spiro atoms. The predicted molar refractivity (Wildman–Crippen MR) is 91.6 cm³/mol. The maximum Gasteiger partial charge on any atom is 0.115 e. The summed E-state index contributed by atoms with van der Waals surface area (Å²) in [4.78, 5) is 2.24. The van der Waals surface area contributed by atoms with Crippen LogP contribution in [0.3, 0.4) is 0 Å². The molecule has 0 aromatic heterocycles. The zero-order chi connectivity index (χ0) is 15.5. The molecule has 1 N–H and O–H groups in total. The lowest BCUT2D eigenvalue weighted by Crippen LogP contribution is -2.14. The van der Waals surface area contributed by atoms with Crippen LogP contribution in [0.1, 0.15) is 41.0 Å². The highest BCUT2D eigenvalue weighted by molar-refractivity contribution is 5.47. The summed E-state index contributed by atoms with van der Waals surface area (Å²) in [5, 5.41) is 9.95. The Labute approximate surface area is 133 Å². The minimum absolute atomic E-state index is 0.385. The summed E-state index contributed by atoms with van der Waals surface area (Å²) in [5.41, 5.74) is 5.63. The van der Waals surface area contributed by atoms with Gasteiger partial charge in [-0.15, -0.1) is 0 Å². The standard InChI is InChI=1S/C20H25NO/c1-21(2)13-5-8-19-18-7-4-3-6-15(18)9-10-16-11-12-17(22)14-20(16)19/h3-4,6-7,11-12,14,19,22H,5,8-10,13H2,1-2H3. The SMILES string of the molecule is CN(C)CCCC1c2ccccc2CCc2ccc(O)cc21. The maximum atomic E-state index is 9.95. The molecule has 0 radical (unpaired) electrons. The number of aromatic hydroxyl groups is 1. The van der Waals surface area contributed by atoms with Gasteiger partial charge in [0.05, 0.1) is 0 Å². The summed E-state index contributed by atoms with van der Waals surface area (Å²) in [6.45, 7) is 1.10. The highest BCUT2D eigenvalue weighted by Crippen LogP contribution is 2.38. The first-order chi connectivity index (χ1) is 10.6. The minimum Gasteiger partial charge on any atom is -0.508 e. The van der Waals surface area contributed by atoms with Gasteiger partial charge in [0.25, 0.3) is 0 Å². The Bertz CT molecular complexity index is 648. The quantitative estimate of drug-likeness (QED) is 0.922. The van der Waals surface area contributed by atoms with E-state index in [0.29, 0.717) is 11.7 Å². The average Bonchev–Trinajstić information content (AvgIpc) is 2.65. The maximum absolute atomic E-state index is 9.95. The molecular weight excluding hydrogens is 270 g/mol. The number of phenols is 1. The van der Waals surface area contributed by atoms with Crippen LogP contribution in [-0.2, 0) is 12.8 Å². The van der Waals surface area contributed by atoms with Crippen molar-refractivity contribution in [3.05, 3.63) is 64.7 Å². The molecule has 1 aliphatic carbocycles. The van der Waals surface area contributed by atoms with Gasteiger partial charge >= 0.3 is 0 Å². The van der Waals surface area contributed by atoms with Crippen molar-refractivity contribution in [1.82, 2.24) is 4.90 Å². The third kappa shape index (κ3) is 3.17. The van der Waals surface area contributed by atoms with Crippen LogP contribution in [0.15, 0.2) is 42.5 Å². The molecule has 0 fully saturated rings. The van der Waals surface area contributed by atoms with E-state index in [1.54, 1.807) is 0 Å². The predicted octanol–water partition coefficient (Wildman–Crippen LogP) is 3.96. The van der Waals surface area contributed by atoms with Crippen molar-refractivity contribution in [2.24, 2.45) is 0 Å². The summed E-state index contributed by atoms with van der Waals surface area (Å²) < 4.78 is 0. The molecule has 0 aliphatic heterocycles. The van der Waals surface area contributed by atoms with E-state index in [9.17, 15) is 5.11 Å². The summed E-state index contributed by atoms with van der Waals surface area (Å²) in [7, 11) is 4.25. The fourth-order valence-corrected chi connectivity index (χ4v) is 3.60. The largest absolute Gasteiger partial charge is 0.508 e. The van der Waals surface area contributed by atoms with Crippen molar-refractivity contribution < 1.29 is 5.11 Å². The fraction of sp³-hybridized carbons (Fsp3) is 0.400. The number of hydrogen-bond acceptors (Lipinski definition) is 2. The molecule has 3 rings (SSSR count). The topological polar surface area (TPSA) is 23.5 Å². The second-order valence-corrected chi connectivity index (χ2v) is 6.58. The van der Waals surface area contributed by atoms with E-state index < -0.39 is 0 Å².